The van der Waals surface area contributed by atoms with Crippen LogP contribution in [-0.2, 0) is 4.79 Å². The molecule has 0 rings (SSSR count). The second kappa shape index (κ2) is 11.9. The molecule has 0 heterocycles. The fourth-order valence-corrected chi connectivity index (χ4v) is 3.38. The highest BCUT2D eigenvalue weighted by Crippen LogP contribution is 2.46. The molecule has 0 fully saturated rings. The summed E-state index contributed by atoms with van der Waals surface area (Å²) in [5.74, 6) is 0.222. The lowest BCUT2D eigenvalue weighted by Gasteiger charge is -2.42. The summed E-state index contributed by atoms with van der Waals surface area (Å²) in [6.45, 7) is 14.8. The summed E-state index contributed by atoms with van der Waals surface area (Å²) in [6, 6.07) is 0. The van der Waals surface area contributed by atoms with Gasteiger partial charge in [-0.25, -0.2) is 0 Å². The normalized spacial score (nSPS) is 14.5. The van der Waals surface area contributed by atoms with Gasteiger partial charge in [0.2, 0.25) is 0 Å². The number of carbonyl (C=O) groups excluding carboxylic acids is 1. The lowest BCUT2D eigenvalue weighted by atomic mass is 9.60. The molecule has 0 saturated carbocycles. The third-order valence-electron chi connectivity index (χ3n) is 6.14. The van der Waals surface area contributed by atoms with E-state index < -0.39 is 0 Å². The highest BCUT2D eigenvalue weighted by atomic mass is 16.1. The summed E-state index contributed by atoms with van der Waals surface area (Å²) < 4.78 is 0. The quantitative estimate of drug-likeness (QED) is 0.225. The standard InChI is InChI=1S/C22H42O/c1-7-10-11-12-13-14-15-16-17-18-19-22(6,20(23)8-2)21(4,5)9-3/h8H,2,7,9-19H2,1,3-6H3. The Kier molecular flexibility index (Phi) is 11.6. The number of hydrogen-bond acceptors (Lipinski definition) is 1. The van der Waals surface area contributed by atoms with E-state index in [1.807, 2.05) is 0 Å². The van der Waals surface area contributed by atoms with Crippen LogP contribution < -0.4 is 0 Å². The van der Waals surface area contributed by atoms with Gasteiger partial charge in [-0.1, -0.05) is 112 Å². The molecule has 0 spiro atoms. The van der Waals surface area contributed by atoms with Crippen LogP contribution in [0.2, 0.25) is 0 Å². The molecule has 0 N–H and O–H groups in total. The van der Waals surface area contributed by atoms with Crippen molar-refractivity contribution < 1.29 is 4.79 Å². The van der Waals surface area contributed by atoms with Crippen LogP contribution in [0, 0.1) is 10.8 Å². The Hall–Kier alpha value is -0.590. The molecule has 0 saturated heterocycles. The molecule has 0 aromatic carbocycles. The molecule has 1 nitrogen and oxygen atoms in total. The molecule has 1 atom stereocenters. The minimum Gasteiger partial charge on any atom is -0.294 e. The number of allylic oxidation sites excluding steroid dienone is 1. The maximum atomic E-state index is 12.4. The Morgan fingerprint density at radius 1 is 0.826 bits per heavy atom. The lowest BCUT2D eigenvalue weighted by Crippen LogP contribution is -2.41. The molecule has 0 amide bonds. The second-order valence-corrected chi connectivity index (χ2v) is 8.07. The largest absolute Gasteiger partial charge is 0.294 e. The molecule has 23 heavy (non-hydrogen) atoms. The molecule has 1 heteroatoms. The maximum absolute atomic E-state index is 12.4. The molecule has 0 aliphatic carbocycles. The molecule has 0 radical (unpaired) electrons. The number of ketones is 1. The third kappa shape index (κ3) is 7.68. The van der Waals surface area contributed by atoms with E-state index in [0.717, 1.165) is 19.3 Å². The van der Waals surface area contributed by atoms with Crippen LogP contribution in [0.3, 0.4) is 0 Å². The van der Waals surface area contributed by atoms with Crippen LogP contribution in [0.5, 0.6) is 0 Å². The predicted molar refractivity (Wildman–Crippen MR) is 104 cm³/mol. The van der Waals surface area contributed by atoms with E-state index in [9.17, 15) is 4.79 Å². The summed E-state index contributed by atoms with van der Waals surface area (Å²) in [5, 5.41) is 0. The first-order valence-corrected chi connectivity index (χ1v) is 10.0. The minimum atomic E-state index is -0.260. The summed E-state index contributed by atoms with van der Waals surface area (Å²) in [5.41, 5.74) is -0.221. The molecular formula is C22H42O. The van der Waals surface area contributed by atoms with Crippen LogP contribution in [0.25, 0.3) is 0 Å². The SMILES string of the molecule is C=CC(=O)C(C)(CCCCCCCCCCCC)C(C)(C)CC. The zero-order valence-corrected chi connectivity index (χ0v) is 16.7. The minimum absolute atomic E-state index is 0.0392. The highest BCUT2D eigenvalue weighted by molar-refractivity contribution is 5.94. The Labute approximate surface area is 146 Å². The molecule has 0 bridgehead atoms. The van der Waals surface area contributed by atoms with Crippen molar-refractivity contribution in [3.05, 3.63) is 12.7 Å². The van der Waals surface area contributed by atoms with E-state index in [1.54, 1.807) is 0 Å². The van der Waals surface area contributed by atoms with Crippen LogP contribution in [-0.4, -0.2) is 5.78 Å². The topological polar surface area (TPSA) is 17.1 Å². The second-order valence-electron chi connectivity index (χ2n) is 8.07. The molecule has 0 aliphatic heterocycles. The summed E-state index contributed by atoms with van der Waals surface area (Å²) >= 11 is 0. The fourth-order valence-electron chi connectivity index (χ4n) is 3.38. The lowest BCUT2D eigenvalue weighted by molar-refractivity contribution is -0.130. The molecule has 0 aliphatic rings. The predicted octanol–water partition coefficient (Wildman–Crippen LogP) is 7.50. The van der Waals surface area contributed by atoms with Crippen molar-refractivity contribution in [1.82, 2.24) is 0 Å². The van der Waals surface area contributed by atoms with Crippen molar-refractivity contribution in [2.75, 3.05) is 0 Å². The number of carbonyl (C=O) groups is 1. The fraction of sp³-hybridized carbons (Fsp3) is 0.864. The maximum Gasteiger partial charge on any atom is 0.161 e. The summed E-state index contributed by atoms with van der Waals surface area (Å²) in [6.07, 6.45) is 17.0. The Morgan fingerprint density at radius 2 is 1.26 bits per heavy atom. The van der Waals surface area contributed by atoms with Crippen molar-refractivity contribution in [2.24, 2.45) is 10.8 Å². The molecule has 136 valence electrons. The van der Waals surface area contributed by atoms with Crippen molar-refractivity contribution in [2.45, 2.75) is 112 Å². The van der Waals surface area contributed by atoms with Gasteiger partial charge in [0.05, 0.1) is 0 Å². The molecular weight excluding hydrogens is 280 g/mol. The van der Waals surface area contributed by atoms with Gasteiger partial charge in [0, 0.05) is 5.41 Å². The zero-order chi connectivity index (χ0) is 17.8. The van der Waals surface area contributed by atoms with E-state index in [2.05, 4.69) is 41.2 Å². The Bertz CT molecular complexity index is 329. The van der Waals surface area contributed by atoms with Crippen LogP contribution in [0.1, 0.15) is 112 Å². The summed E-state index contributed by atoms with van der Waals surface area (Å²) in [7, 11) is 0. The zero-order valence-electron chi connectivity index (χ0n) is 16.7. The van der Waals surface area contributed by atoms with Gasteiger partial charge in [-0.3, -0.25) is 4.79 Å². The first kappa shape index (κ1) is 22.4. The van der Waals surface area contributed by atoms with Gasteiger partial charge in [0.15, 0.2) is 5.78 Å². The number of hydrogen-bond donors (Lipinski definition) is 0. The first-order chi connectivity index (χ1) is 10.9. The average molecular weight is 323 g/mol. The highest BCUT2D eigenvalue weighted by Gasteiger charge is 2.43. The monoisotopic (exact) mass is 322 g/mol. The van der Waals surface area contributed by atoms with E-state index in [-0.39, 0.29) is 16.6 Å². The number of unbranched alkanes of at least 4 members (excludes halogenated alkanes) is 9. The van der Waals surface area contributed by atoms with Crippen LogP contribution in [0.4, 0.5) is 0 Å². The smallest absolute Gasteiger partial charge is 0.161 e. The van der Waals surface area contributed by atoms with Crippen molar-refractivity contribution in [3.8, 4) is 0 Å². The average Bonchev–Trinajstić information content (AvgIpc) is 2.55. The van der Waals surface area contributed by atoms with E-state index in [1.165, 1.54) is 63.9 Å². The van der Waals surface area contributed by atoms with Gasteiger partial charge in [0.1, 0.15) is 0 Å². The van der Waals surface area contributed by atoms with Crippen LogP contribution in [0.15, 0.2) is 12.7 Å². The number of rotatable bonds is 15. The Morgan fingerprint density at radius 3 is 1.65 bits per heavy atom. The van der Waals surface area contributed by atoms with Gasteiger partial charge in [0.25, 0.3) is 0 Å². The van der Waals surface area contributed by atoms with Gasteiger partial charge in [-0.15, -0.1) is 0 Å². The molecule has 0 aromatic rings. The van der Waals surface area contributed by atoms with Gasteiger partial charge in [-0.2, -0.15) is 0 Å². The third-order valence-corrected chi connectivity index (χ3v) is 6.14. The first-order valence-electron chi connectivity index (χ1n) is 10.0. The van der Waals surface area contributed by atoms with Gasteiger partial charge >= 0.3 is 0 Å². The van der Waals surface area contributed by atoms with Gasteiger partial charge < -0.3 is 0 Å². The van der Waals surface area contributed by atoms with Crippen molar-refractivity contribution >= 4 is 5.78 Å². The van der Waals surface area contributed by atoms with Crippen molar-refractivity contribution in [3.63, 3.8) is 0 Å². The van der Waals surface area contributed by atoms with E-state index in [4.69, 9.17) is 0 Å². The summed E-state index contributed by atoms with van der Waals surface area (Å²) in [4.78, 5) is 12.4. The van der Waals surface area contributed by atoms with Crippen LogP contribution >= 0.6 is 0 Å². The molecule has 0 aromatic heterocycles. The van der Waals surface area contributed by atoms with E-state index in [0.29, 0.717) is 0 Å². The molecule has 1 unspecified atom stereocenters. The van der Waals surface area contributed by atoms with Gasteiger partial charge in [-0.05, 0) is 17.9 Å². The van der Waals surface area contributed by atoms with E-state index >= 15 is 0 Å². The van der Waals surface area contributed by atoms with Crippen molar-refractivity contribution in [1.29, 1.82) is 0 Å². The Balaban J connectivity index is 4.02.